The number of nitrogen functional groups attached to an aromatic ring is 1. The molecule has 3 nitrogen and oxygen atoms in total. The van der Waals surface area contributed by atoms with Crippen LogP contribution < -0.4 is 5.73 Å². The Hall–Kier alpha value is -1.35. The highest BCUT2D eigenvalue weighted by molar-refractivity contribution is 5.97. The second-order valence-electron chi connectivity index (χ2n) is 3.55. The van der Waals surface area contributed by atoms with Crippen molar-refractivity contribution in [3.8, 4) is 0 Å². The maximum absolute atomic E-state index is 11.6. The van der Waals surface area contributed by atoms with Crippen LogP contribution >= 0.6 is 0 Å². The summed E-state index contributed by atoms with van der Waals surface area (Å²) in [6.07, 6.45) is 0.925. The molecule has 0 aromatic heterocycles. The van der Waals surface area contributed by atoms with Crippen LogP contribution in [0.1, 0.15) is 29.3 Å². The van der Waals surface area contributed by atoms with Crippen LogP contribution in [0.25, 0.3) is 0 Å². The number of nitrogens with two attached hydrogens (primary N) is 1. The van der Waals surface area contributed by atoms with Gasteiger partial charge in [0.25, 0.3) is 0 Å². The third kappa shape index (κ3) is 3.36. The SMILES string of the molecule is CCCOCC(=O)c1ccc(N)c(C)c1. The first-order valence-electron chi connectivity index (χ1n) is 5.12. The second kappa shape index (κ2) is 5.51. The van der Waals surface area contributed by atoms with Crippen LogP contribution in [0.5, 0.6) is 0 Å². The van der Waals surface area contributed by atoms with Crippen molar-refractivity contribution in [2.45, 2.75) is 20.3 Å². The van der Waals surface area contributed by atoms with E-state index < -0.39 is 0 Å². The third-order valence-electron chi connectivity index (χ3n) is 2.17. The van der Waals surface area contributed by atoms with Gasteiger partial charge in [-0.05, 0) is 37.1 Å². The number of carbonyl (C=O) groups excluding carboxylic acids is 1. The lowest BCUT2D eigenvalue weighted by Gasteiger charge is -2.04. The van der Waals surface area contributed by atoms with E-state index in [1.165, 1.54) is 0 Å². The Labute approximate surface area is 90.2 Å². The molecule has 0 heterocycles. The number of benzene rings is 1. The van der Waals surface area contributed by atoms with Gasteiger partial charge in [-0.25, -0.2) is 0 Å². The molecule has 0 unspecified atom stereocenters. The van der Waals surface area contributed by atoms with Crippen molar-refractivity contribution in [1.29, 1.82) is 0 Å². The van der Waals surface area contributed by atoms with Crippen LogP contribution in [-0.4, -0.2) is 19.0 Å². The quantitative estimate of drug-likeness (QED) is 0.457. The summed E-state index contributed by atoms with van der Waals surface area (Å²) < 4.78 is 5.19. The Morgan fingerprint density at radius 2 is 2.20 bits per heavy atom. The molecule has 82 valence electrons. The van der Waals surface area contributed by atoms with Crippen LogP contribution in [0.2, 0.25) is 0 Å². The summed E-state index contributed by atoms with van der Waals surface area (Å²) in [6.45, 7) is 4.67. The average molecular weight is 207 g/mol. The minimum absolute atomic E-state index is 0.00606. The maximum atomic E-state index is 11.6. The first-order valence-corrected chi connectivity index (χ1v) is 5.12. The molecule has 15 heavy (non-hydrogen) atoms. The molecule has 1 rings (SSSR count). The number of rotatable bonds is 5. The van der Waals surface area contributed by atoms with Crippen molar-refractivity contribution in [3.63, 3.8) is 0 Å². The fraction of sp³-hybridized carbons (Fsp3) is 0.417. The maximum Gasteiger partial charge on any atom is 0.188 e. The van der Waals surface area contributed by atoms with Crippen molar-refractivity contribution in [2.24, 2.45) is 0 Å². The number of Topliss-reactive ketones (excluding diaryl/α,β-unsaturated/α-hetero) is 1. The third-order valence-corrected chi connectivity index (χ3v) is 2.17. The van der Waals surface area contributed by atoms with Gasteiger partial charge in [0, 0.05) is 17.9 Å². The molecule has 0 bridgehead atoms. The van der Waals surface area contributed by atoms with E-state index in [0.717, 1.165) is 12.0 Å². The molecule has 3 heteroatoms. The van der Waals surface area contributed by atoms with Crippen molar-refractivity contribution < 1.29 is 9.53 Å². The number of ether oxygens (including phenoxy) is 1. The van der Waals surface area contributed by atoms with E-state index >= 15 is 0 Å². The highest BCUT2D eigenvalue weighted by atomic mass is 16.5. The second-order valence-corrected chi connectivity index (χ2v) is 3.55. The molecule has 0 amide bonds. The van der Waals surface area contributed by atoms with Crippen LogP contribution in [-0.2, 0) is 4.74 Å². The Morgan fingerprint density at radius 3 is 2.80 bits per heavy atom. The van der Waals surface area contributed by atoms with Crippen LogP contribution in [0.4, 0.5) is 5.69 Å². The molecule has 0 aliphatic carbocycles. The minimum atomic E-state index is 0.00606. The monoisotopic (exact) mass is 207 g/mol. The van der Waals surface area contributed by atoms with Crippen LogP contribution in [0, 0.1) is 6.92 Å². The summed E-state index contributed by atoms with van der Waals surface area (Å²) in [5, 5.41) is 0. The van der Waals surface area contributed by atoms with E-state index in [-0.39, 0.29) is 12.4 Å². The van der Waals surface area contributed by atoms with Crippen molar-refractivity contribution in [3.05, 3.63) is 29.3 Å². The Morgan fingerprint density at radius 1 is 1.47 bits per heavy atom. The molecular formula is C12H17NO2. The van der Waals surface area contributed by atoms with Gasteiger partial charge < -0.3 is 10.5 Å². The van der Waals surface area contributed by atoms with Gasteiger partial charge >= 0.3 is 0 Å². The standard InChI is InChI=1S/C12H17NO2/c1-3-6-15-8-12(14)10-4-5-11(13)9(2)7-10/h4-5,7H,3,6,8,13H2,1-2H3. The zero-order valence-corrected chi connectivity index (χ0v) is 9.25. The van der Waals surface area contributed by atoms with E-state index in [1.54, 1.807) is 18.2 Å². The molecule has 2 N–H and O–H groups in total. The Balaban J connectivity index is 2.62. The number of anilines is 1. The van der Waals surface area contributed by atoms with E-state index in [2.05, 4.69) is 0 Å². The Kier molecular flexibility index (Phi) is 4.31. The average Bonchev–Trinajstić information content (AvgIpc) is 2.22. The highest BCUT2D eigenvalue weighted by Crippen LogP contribution is 2.13. The molecule has 0 saturated heterocycles. The van der Waals surface area contributed by atoms with Gasteiger partial charge in [-0.2, -0.15) is 0 Å². The molecule has 0 fully saturated rings. The van der Waals surface area contributed by atoms with E-state index in [0.29, 0.717) is 17.9 Å². The van der Waals surface area contributed by atoms with Crippen molar-refractivity contribution in [2.75, 3.05) is 18.9 Å². The van der Waals surface area contributed by atoms with Crippen LogP contribution in [0.3, 0.4) is 0 Å². The zero-order chi connectivity index (χ0) is 11.3. The van der Waals surface area contributed by atoms with E-state index in [9.17, 15) is 4.79 Å². The lowest BCUT2D eigenvalue weighted by atomic mass is 10.1. The zero-order valence-electron chi connectivity index (χ0n) is 9.25. The summed E-state index contributed by atoms with van der Waals surface area (Å²) in [5.41, 5.74) is 7.97. The van der Waals surface area contributed by atoms with Gasteiger partial charge in [-0.15, -0.1) is 0 Å². The Bertz CT molecular complexity index is 347. The molecule has 1 aromatic carbocycles. The molecular weight excluding hydrogens is 190 g/mol. The molecule has 0 aliphatic heterocycles. The number of ketones is 1. The molecule has 1 aromatic rings. The fourth-order valence-electron chi connectivity index (χ4n) is 1.24. The van der Waals surface area contributed by atoms with Gasteiger partial charge in [0.1, 0.15) is 6.61 Å². The van der Waals surface area contributed by atoms with E-state index in [1.807, 2.05) is 13.8 Å². The summed E-state index contributed by atoms with van der Waals surface area (Å²) in [5.74, 6) is 0.00606. The predicted molar refractivity (Wildman–Crippen MR) is 61.0 cm³/mol. The summed E-state index contributed by atoms with van der Waals surface area (Å²) >= 11 is 0. The van der Waals surface area contributed by atoms with Gasteiger partial charge in [0.05, 0.1) is 0 Å². The van der Waals surface area contributed by atoms with Gasteiger partial charge in [-0.3, -0.25) is 4.79 Å². The molecule has 0 atom stereocenters. The molecule has 0 spiro atoms. The lowest BCUT2D eigenvalue weighted by molar-refractivity contribution is 0.0761. The highest BCUT2D eigenvalue weighted by Gasteiger charge is 2.06. The van der Waals surface area contributed by atoms with Crippen molar-refractivity contribution in [1.82, 2.24) is 0 Å². The van der Waals surface area contributed by atoms with Gasteiger partial charge in [0.2, 0.25) is 0 Å². The summed E-state index contributed by atoms with van der Waals surface area (Å²) in [4.78, 5) is 11.6. The number of aryl methyl sites for hydroxylation is 1. The molecule has 0 saturated carbocycles. The smallest absolute Gasteiger partial charge is 0.188 e. The van der Waals surface area contributed by atoms with Crippen LogP contribution in [0.15, 0.2) is 18.2 Å². The minimum Gasteiger partial charge on any atom is -0.399 e. The molecule has 0 radical (unpaired) electrons. The number of carbonyl (C=O) groups is 1. The lowest BCUT2D eigenvalue weighted by Crippen LogP contribution is -2.10. The number of hydrogen-bond donors (Lipinski definition) is 1. The fourth-order valence-corrected chi connectivity index (χ4v) is 1.24. The summed E-state index contributed by atoms with van der Waals surface area (Å²) in [6, 6.07) is 5.29. The van der Waals surface area contributed by atoms with Gasteiger partial charge in [0.15, 0.2) is 5.78 Å². The topological polar surface area (TPSA) is 52.3 Å². The van der Waals surface area contributed by atoms with Gasteiger partial charge in [-0.1, -0.05) is 6.92 Å². The predicted octanol–water partition coefficient (Wildman–Crippen LogP) is 2.19. The molecule has 0 aliphatic rings. The largest absolute Gasteiger partial charge is 0.399 e. The van der Waals surface area contributed by atoms with Crippen molar-refractivity contribution >= 4 is 11.5 Å². The number of hydrogen-bond acceptors (Lipinski definition) is 3. The normalized spacial score (nSPS) is 10.3. The summed E-state index contributed by atoms with van der Waals surface area (Å²) in [7, 11) is 0. The van der Waals surface area contributed by atoms with E-state index in [4.69, 9.17) is 10.5 Å². The first-order chi connectivity index (χ1) is 7.15. The first kappa shape index (κ1) is 11.7.